The van der Waals surface area contributed by atoms with Crippen LogP contribution in [-0.2, 0) is 4.79 Å². The summed E-state index contributed by atoms with van der Waals surface area (Å²) in [5, 5.41) is 6.17. The van der Waals surface area contributed by atoms with Crippen LogP contribution in [0, 0.1) is 5.41 Å². The van der Waals surface area contributed by atoms with Crippen LogP contribution in [-0.4, -0.2) is 50.6 Å². The minimum Gasteiger partial charge on any atom is -0.354 e. The van der Waals surface area contributed by atoms with E-state index in [4.69, 9.17) is 0 Å². The molecule has 4 heteroatoms. The maximum absolute atomic E-state index is 11.6. The minimum atomic E-state index is 0.124. The number of carbonyl (C=O) groups is 1. The Balaban J connectivity index is 2.18. The van der Waals surface area contributed by atoms with Crippen molar-refractivity contribution in [2.45, 2.75) is 33.1 Å². The Hall–Kier alpha value is -0.610. The summed E-state index contributed by atoms with van der Waals surface area (Å²) in [6, 6.07) is 0. The lowest BCUT2D eigenvalue weighted by Crippen LogP contribution is -2.45. The molecule has 1 saturated heterocycles. The fourth-order valence-electron chi connectivity index (χ4n) is 2.09. The van der Waals surface area contributed by atoms with Gasteiger partial charge in [-0.3, -0.25) is 4.79 Å². The molecule has 1 amide bonds. The molecular weight excluding hydrogens is 214 g/mol. The van der Waals surface area contributed by atoms with Crippen LogP contribution in [0.2, 0.25) is 0 Å². The molecule has 2 N–H and O–H groups in total. The van der Waals surface area contributed by atoms with Crippen molar-refractivity contribution in [1.29, 1.82) is 0 Å². The van der Waals surface area contributed by atoms with Crippen LogP contribution in [0.3, 0.4) is 0 Å². The number of nitrogens with one attached hydrogen (secondary N) is 2. The molecule has 0 aliphatic carbocycles. The first-order valence-electron chi connectivity index (χ1n) is 6.72. The fourth-order valence-corrected chi connectivity index (χ4v) is 2.09. The van der Waals surface area contributed by atoms with E-state index in [1.807, 2.05) is 0 Å². The molecule has 0 atom stereocenters. The molecule has 100 valence electrons. The van der Waals surface area contributed by atoms with Gasteiger partial charge in [-0.25, -0.2) is 0 Å². The van der Waals surface area contributed by atoms with Gasteiger partial charge in [0.1, 0.15) is 0 Å². The fraction of sp³-hybridized carbons (Fsp3) is 0.923. The van der Waals surface area contributed by atoms with Crippen molar-refractivity contribution in [3.8, 4) is 0 Å². The van der Waals surface area contributed by atoms with E-state index in [2.05, 4.69) is 36.4 Å². The zero-order valence-electron chi connectivity index (χ0n) is 11.5. The van der Waals surface area contributed by atoms with Crippen LogP contribution in [0.25, 0.3) is 0 Å². The average Bonchev–Trinajstić information content (AvgIpc) is 2.32. The Morgan fingerprint density at radius 3 is 2.59 bits per heavy atom. The van der Waals surface area contributed by atoms with Crippen LogP contribution < -0.4 is 10.6 Å². The molecule has 0 unspecified atom stereocenters. The molecule has 0 saturated carbocycles. The van der Waals surface area contributed by atoms with Crippen LogP contribution in [0.1, 0.15) is 33.1 Å². The standard InChI is InChI=1S/C13H27N3O/c1-4-7-14-10-12(17)15-11-13(2)5-8-16(3)9-6-13/h14H,4-11H2,1-3H3,(H,15,17). The summed E-state index contributed by atoms with van der Waals surface area (Å²) < 4.78 is 0. The number of hydrogen-bond donors (Lipinski definition) is 2. The molecule has 0 aromatic rings. The van der Waals surface area contributed by atoms with Gasteiger partial charge >= 0.3 is 0 Å². The van der Waals surface area contributed by atoms with Gasteiger partial charge in [0.2, 0.25) is 5.91 Å². The van der Waals surface area contributed by atoms with E-state index < -0.39 is 0 Å². The molecule has 1 aliphatic heterocycles. The highest BCUT2D eigenvalue weighted by Gasteiger charge is 2.28. The number of nitrogens with zero attached hydrogens (tertiary/aromatic N) is 1. The highest BCUT2D eigenvalue weighted by atomic mass is 16.1. The average molecular weight is 241 g/mol. The van der Waals surface area contributed by atoms with Crippen LogP contribution >= 0.6 is 0 Å². The summed E-state index contributed by atoms with van der Waals surface area (Å²) in [6.45, 7) is 8.83. The summed E-state index contributed by atoms with van der Waals surface area (Å²) in [5.41, 5.74) is 0.285. The first-order chi connectivity index (χ1) is 8.06. The maximum Gasteiger partial charge on any atom is 0.233 e. The molecule has 0 radical (unpaired) electrons. The number of piperidine rings is 1. The van der Waals surface area contributed by atoms with Gasteiger partial charge in [0.05, 0.1) is 6.54 Å². The largest absolute Gasteiger partial charge is 0.354 e. The van der Waals surface area contributed by atoms with Gasteiger partial charge in [-0.05, 0) is 51.4 Å². The van der Waals surface area contributed by atoms with Crippen LogP contribution in [0.4, 0.5) is 0 Å². The van der Waals surface area contributed by atoms with E-state index in [9.17, 15) is 4.79 Å². The quantitative estimate of drug-likeness (QED) is 0.677. The van der Waals surface area contributed by atoms with Crippen molar-refractivity contribution in [2.75, 3.05) is 39.8 Å². The number of amides is 1. The van der Waals surface area contributed by atoms with Gasteiger partial charge in [-0.2, -0.15) is 0 Å². The number of likely N-dealkylation sites (tertiary alicyclic amines) is 1. The van der Waals surface area contributed by atoms with E-state index >= 15 is 0 Å². The second-order valence-corrected chi connectivity index (χ2v) is 5.57. The van der Waals surface area contributed by atoms with Crippen molar-refractivity contribution < 1.29 is 4.79 Å². The Morgan fingerprint density at radius 2 is 2.00 bits per heavy atom. The van der Waals surface area contributed by atoms with E-state index in [1.54, 1.807) is 0 Å². The van der Waals surface area contributed by atoms with Crippen LogP contribution in [0.15, 0.2) is 0 Å². The van der Waals surface area contributed by atoms with Crippen molar-refractivity contribution in [2.24, 2.45) is 5.41 Å². The molecule has 0 aromatic carbocycles. The SMILES string of the molecule is CCCNCC(=O)NCC1(C)CCN(C)CC1. The van der Waals surface area contributed by atoms with Gasteiger partial charge in [0, 0.05) is 6.54 Å². The Morgan fingerprint density at radius 1 is 1.35 bits per heavy atom. The molecule has 17 heavy (non-hydrogen) atoms. The lowest BCUT2D eigenvalue weighted by molar-refractivity contribution is -0.120. The van der Waals surface area contributed by atoms with E-state index in [-0.39, 0.29) is 11.3 Å². The smallest absolute Gasteiger partial charge is 0.233 e. The third kappa shape index (κ3) is 5.50. The highest BCUT2D eigenvalue weighted by molar-refractivity contribution is 5.78. The Bertz CT molecular complexity index is 235. The zero-order valence-corrected chi connectivity index (χ0v) is 11.5. The van der Waals surface area contributed by atoms with E-state index in [0.717, 1.165) is 32.6 Å². The zero-order chi connectivity index (χ0) is 12.7. The molecule has 0 bridgehead atoms. The van der Waals surface area contributed by atoms with Crippen LogP contribution in [0.5, 0.6) is 0 Å². The third-order valence-corrected chi connectivity index (χ3v) is 3.62. The van der Waals surface area contributed by atoms with Crippen molar-refractivity contribution in [3.63, 3.8) is 0 Å². The monoisotopic (exact) mass is 241 g/mol. The van der Waals surface area contributed by atoms with E-state index in [0.29, 0.717) is 6.54 Å². The Kier molecular flexibility index (Phi) is 5.92. The lowest BCUT2D eigenvalue weighted by Gasteiger charge is -2.37. The predicted octanol–water partition coefficient (Wildman–Crippen LogP) is 0.834. The molecule has 1 aliphatic rings. The molecule has 4 nitrogen and oxygen atoms in total. The predicted molar refractivity (Wildman–Crippen MR) is 71.0 cm³/mol. The molecular formula is C13H27N3O. The second kappa shape index (κ2) is 6.97. The van der Waals surface area contributed by atoms with Gasteiger partial charge in [0.25, 0.3) is 0 Å². The first-order valence-corrected chi connectivity index (χ1v) is 6.72. The Labute approximate surface area is 105 Å². The van der Waals surface area contributed by atoms with Gasteiger partial charge in [0.15, 0.2) is 0 Å². The molecule has 0 spiro atoms. The first kappa shape index (κ1) is 14.5. The summed E-state index contributed by atoms with van der Waals surface area (Å²) in [7, 11) is 2.16. The molecule has 0 aromatic heterocycles. The van der Waals surface area contributed by atoms with Crippen molar-refractivity contribution in [3.05, 3.63) is 0 Å². The van der Waals surface area contributed by atoms with E-state index in [1.165, 1.54) is 12.8 Å². The summed E-state index contributed by atoms with van der Waals surface area (Å²) in [4.78, 5) is 13.9. The molecule has 1 heterocycles. The number of hydrogen-bond acceptors (Lipinski definition) is 3. The number of carbonyl (C=O) groups excluding carboxylic acids is 1. The van der Waals surface area contributed by atoms with Crippen molar-refractivity contribution in [1.82, 2.24) is 15.5 Å². The highest BCUT2D eigenvalue weighted by Crippen LogP contribution is 2.29. The number of rotatable bonds is 6. The summed E-state index contributed by atoms with van der Waals surface area (Å²) >= 11 is 0. The molecule has 1 rings (SSSR count). The summed E-state index contributed by atoms with van der Waals surface area (Å²) in [6.07, 6.45) is 3.41. The normalized spacial score (nSPS) is 20.2. The lowest BCUT2D eigenvalue weighted by atomic mass is 9.80. The topological polar surface area (TPSA) is 44.4 Å². The van der Waals surface area contributed by atoms with Gasteiger partial charge < -0.3 is 15.5 Å². The van der Waals surface area contributed by atoms with Crippen molar-refractivity contribution >= 4 is 5.91 Å². The maximum atomic E-state index is 11.6. The van der Waals surface area contributed by atoms with Gasteiger partial charge in [-0.15, -0.1) is 0 Å². The minimum absolute atomic E-state index is 0.124. The third-order valence-electron chi connectivity index (χ3n) is 3.62. The molecule has 1 fully saturated rings. The summed E-state index contributed by atoms with van der Waals surface area (Å²) in [5.74, 6) is 0.124. The van der Waals surface area contributed by atoms with Gasteiger partial charge in [-0.1, -0.05) is 13.8 Å². The second-order valence-electron chi connectivity index (χ2n) is 5.57.